The van der Waals surface area contributed by atoms with E-state index >= 15 is 0 Å². The fraction of sp³-hybridized carbons (Fsp3) is 0.471. The van der Waals surface area contributed by atoms with Crippen LogP contribution in [0.1, 0.15) is 44.2 Å². The molecule has 0 aliphatic heterocycles. The largest absolute Gasteiger partial charge is 0.312 e. The molecule has 0 unspecified atom stereocenters. The number of nitrogens with one attached hydrogen (secondary N) is 1. The van der Waals surface area contributed by atoms with E-state index in [-0.39, 0.29) is 0 Å². The van der Waals surface area contributed by atoms with Crippen LogP contribution in [-0.4, -0.2) is 17.3 Å². The molecule has 2 nitrogen and oxygen atoms in total. The Balaban J connectivity index is 2.26. The Bertz CT molecular complexity index is 559. The number of aromatic nitrogens is 1. The molecule has 1 aromatic heterocycles. The molecule has 2 rings (SSSR count). The van der Waals surface area contributed by atoms with Gasteiger partial charge >= 0.3 is 0 Å². The first-order chi connectivity index (χ1) is 10.2. The van der Waals surface area contributed by atoms with Gasteiger partial charge in [0.25, 0.3) is 0 Å². The summed E-state index contributed by atoms with van der Waals surface area (Å²) in [5.41, 5.74) is 2.47. The second-order valence-electron chi connectivity index (χ2n) is 5.22. The molecule has 0 aliphatic rings. The van der Waals surface area contributed by atoms with Gasteiger partial charge < -0.3 is 5.32 Å². The first-order valence-electron chi connectivity index (χ1n) is 7.59. The van der Waals surface area contributed by atoms with Gasteiger partial charge in [-0.25, -0.2) is 4.98 Å². The van der Waals surface area contributed by atoms with E-state index in [2.05, 4.69) is 57.3 Å². The molecular weight excluding hydrogens is 296 g/mol. The number of nitrogens with zero attached hydrogens (tertiary/aromatic N) is 1. The van der Waals surface area contributed by atoms with Gasteiger partial charge in [-0.3, -0.25) is 0 Å². The maximum Gasteiger partial charge on any atom is 0.123 e. The Morgan fingerprint density at radius 2 is 1.90 bits per heavy atom. The third-order valence-electron chi connectivity index (χ3n) is 3.22. The zero-order valence-corrected chi connectivity index (χ0v) is 14.9. The zero-order chi connectivity index (χ0) is 15.2. The minimum atomic E-state index is 0.471. The molecule has 1 aromatic carbocycles. The van der Waals surface area contributed by atoms with Gasteiger partial charge in [0.1, 0.15) is 5.01 Å². The van der Waals surface area contributed by atoms with Gasteiger partial charge in [0.05, 0.1) is 5.69 Å². The number of rotatable bonds is 7. The van der Waals surface area contributed by atoms with Gasteiger partial charge in [-0.05, 0) is 30.3 Å². The second-order valence-corrected chi connectivity index (χ2v) is 7.64. The summed E-state index contributed by atoms with van der Waals surface area (Å²) in [6.45, 7) is 10.7. The van der Waals surface area contributed by atoms with Crippen LogP contribution in [0.5, 0.6) is 0 Å². The first-order valence-corrected chi connectivity index (χ1v) is 9.39. The van der Waals surface area contributed by atoms with Crippen LogP contribution in [0.15, 0.2) is 29.2 Å². The molecule has 2 aromatic rings. The van der Waals surface area contributed by atoms with Crippen molar-refractivity contribution in [1.82, 2.24) is 10.3 Å². The van der Waals surface area contributed by atoms with Gasteiger partial charge in [-0.15, -0.1) is 23.1 Å². The van der Waals surface area contributed by atoms with Crippen LogP contribution in [0.25, 0.3) is 10.6 Å². The van der Waals surface area contributed by atoms with E-state index in [0.29, 0.717) is 5.92 Å². The standard InChI is InChI=1S/C17H24N2S2/c1-5-18-11-15-16(12(3)4)19-17(21-15)13-7-9-14(10-8-13)20-6-2/h7-10,12,18H,5-6,11H2,1-4H3. The lowest BCUT2D eigenvalue weighted by atomic mass is 10.1. The molecule has 0 saturated carbocycles. The molecule has 0 fully saturated rings. The molecule has 4 heteroatoms. The molecule has 0 radical (unpaired) electrons. The molecule has 0 bridgehead atoms. The third kappa shape index (κ3) is 4.31. The van der Waals surface area contributed by atoms with Crippen molar-refractivity contribution in [2.45, 2.75) is 45.1 Å². The lowest BCUT2D eigenvalue weighted by Crippen LogP contribution is -2.12. The van der Waals surface area contributed by atoms with Gasteiger partial charge in [-0.1, -0.05) is 39.8 Å². The van der Waals surface area contributed by atoms with Crippen molar-refractivity contribution in [3.05, 3.63) is 34.8 Å². The van der Waals surface area contributed by atoms with Crippen molar-refractivity contribution in [2.75, 3.05) is 12.3 Å². The SMILES string of the molecule is CCNCc1sc(-c2ccc(SCC)cc2)nc1C(C)C. The average Bonchev–Trinajstić information content (AvgIpc) is 2.90. The van der Waals surface area contributed by atoms with Crippen molar-refractivity contribution < 1.29 is 0 Å². The molecule has 0 aliphatic carbocycles. The highest BCUT2D eigenvalue weighted by Gasteiger charge is 2.14. The van der Waals surface area contributed by atoms with E-state index in [1.54, 1.807) is 0 Å². The van der Waals surface area contributed by atoms with Crippen molar-refractivity contribution in [3.63, 3.8) is 0 Å². The number of benzene rings is 1. The number of thiazole rings is 1. The molecule has 1 N–H and O–H groups in total. The molecule has 0 atom stereocenters. The number of hydrogen-bond acceptors (Lipinski definition) is 4. The van der Waals surface area contributed by atoms with Crippen LogP contribution >= 0.6 is 23.1 Å². The molecule has 0 amide bonds. The summed E-state index contributed by atoms with van der Waals surface area (Å²) in [4.78, 5) is 7.58. The fourth-order valence-electron chi connectivity index (χ4n) is 2.16. The lowest BCUT2D eigenvalue weighted by Gasteiger charge is -2.04. The predicted molar refractivity (Wildman–Crippen MR) is 95.4 cm³/mol. The van der Waals surface area contributed by atoms with Crippen LogP contribution < -0.4 is 5.32 Å². The Morgan fingerprint density at radius 3 is 2.48 bits per heavy atom. The topological polar surface area (TPSA) is 24.9 Å². The molecule has 114 valence electrons. The highest BCUT2D eigenvalue weighted by molar-refractivity contribution is 7.99. The summed E-state index contributed by atoms with van der Waals surface area (Å²) < 4.78 is 0. The summed E-state index contributed by atoms with van der Waals surface area (Å²) in [6, 6.07) is 8.78. The van der Waals surface area contributed by atoms with Gasteiger partial charge in [0.15, 0.2) is 0 Å². The Hall–Kier alpha value is -0.840. The first kappa shape index (κ1) is 16.5. The summed E-state index contributed by atoms with van der Waals surface area (Å²) in [5.74, 6) is 1.58. The summed E-state index contributed by atoms with van der Waals surface area (Å²) in [6.07, 6.45) is 0. The van der Waals surface area contributed by atoms with E-state index in [1.807, 2.05) is 23.1 Å². The summed E-state index contributed by atoms with van der Waals surface area (Å²) in [5, 5.41) is 4.56. The monoisotopic (exact) mass is 320 g/mol. The molecule has 0 spiro atoms. The van der Waals surface area contributed by atoms with Gasteiger partial charge in [0, 0.05) is 21.9 Å². The third-order valence-corrected chi connectivity index (χ3v) is 5.24. The van der Waals surface area contributed by atoms with E-state index in [9.17, 15) is 0 Å². The highest BCUT2D eigenvalue weighted by atomic mass is 32.2. The Morgan fingerprint density at radius 1 is 1.19 bits per heavy atom. The van der Waals surface area contributed by atoms with Crippen LogP contribution in [0.2, 0.25) is 0 Å². The number of hydrogen-bond donors (Lipinski definition) is 1. The van der Waals surface area contributed by atoms with Crippen LogP contribution in [0.3, 0.4) is 0 Å². The predicted octanol–water partition coefficient (Wildman–Crippen LogP) is 5.16. The van der Waals surface area contributed by atoms with E-state index in [1.165, 1.54) is 21.0 Å². The number of thioether (sulfide) groups is 1. The van der Waals surface area contributed by atoms with Crippen molar-refractivity contribution >= 4 is 23.1 Å². The van der Waals surface area contributed by atoms with Crippen LogP contribution in [0.4, 0.5) is 0 Å². The Kier molecular flexibility index (Phi) is 6.27. The van der Waals surface area contributed by atoms with Crippen molar-refractivity contribution in [2.24, 2.45) is 0 Å². The zero-order valence-electron chi connectivity index (χ0n) is 13.3. The minimum Gasteiger partial charge on any atom is -0.312 e. The van der Waals surface area contributed by atoms with E-state index in [0.717, 1.165) is 23.8 Å². The fourth-order valence-corrected chi connectivity index (χ4v) is 4.02. The van der Waals surface area contributed by atoms with E-state index in [4.69, 9.17) is 4.98 Å². The van der Waals surface area contributed by atoms with Crippen molar-refractivity contribution in [1.29, 1.82) is 0 Å². The van der Waals surface area contributed by atoms with Crippen LogP contribution in [-0.2, 0) is 6.54 Å². The molecule has 1 heterocycles. The second kappa shape index (κ2) is 7.97. The van der Waals surface area contributed by atoms with Crippen molar-refractivity contribution in [3.8, 4) is 10.6 Å². The molecular formula is C17H24N2S2. The normalized spacial score (nSPS) is 11.3. The van der Waals surface area contributed by atoms with E-state index < -0.39 is 0 Å². The highest BCUT2D eigenvalue weighted by Crippen LogP contribution is 2.32. The van der Waals surface area contributed by atoms with Gasteiger partial charge in [-0.2, -0.15) is 0 Å². The quantitative estimate of drug-likeness (QED) is 0.714. The minimum absolute atomic E-state index is 0.471. The maximum absolute atomic E-state index is 4.88. The van der Waals surface area contributed by atoms with Gasteiger partial charge in [0.2, 0.25) is 0 Å². The summed E-state index contributed by atoms with van der Waals surface area (Å²) in [7, 11) is 0. The Labute approximate surface area is 136 Å². The van der Waals surface area contributed by atoms with Crippen LogP contribution in [0, 0.1) is 0 Å². The molecule has 21 heavy (non-hydrogen) atoms. The summed E-state index contributed by atoms with van der Waals surface area (Å²) >= 11 is 3.70. The molecule has 0 saturated heterocycles. The lowest BCUT2D eigenvalue weighted by molar-refractivity contribution is 0.714. The average molecular weight is 321 g/mol. The smallest absolute Gasteiger partial charge is 0.123 e. The maximum atomic E-state index is 4.88.